The average molecular weight is 351 g/mol. The number of nitrogens with one attached hydrogen (secondary N) is 1. The highest BCUT2D eigenvalue weighted by atomic mass is 79.9. The summed E-state index contributed by atoms with van der Waals surface area (Å²) in [6.45, 7) is 8.72. The second-order valence-electron chi connectivity index (χ2n) is 4.81. The lowest BCUT2D eigenvalue weighted by molar-refractivity contribution is 0.0592. The summed E-state index contributed by atoms with van der Waals surface area (Å²) in [5.41, 5.74) is 0.769. The topological polar surface area (TPSA) is 37.3 Å². The maximum absolute atomic E-state index is 12.6. The van der Waals surface area contributed by atoms with E-state index in [0.29, 0.717) is 6.04 Å². The summed E-state index contributed by atoms with van der Waals surface area (Å²) in [6, 6.07) is 2.48. The summed E-state index contributed by atoms with van der Waals surface area (Å²) in [5.74, 6) is 0.128. The van der Waals surface area contributed by atoms with E-state index >= 15 is 0 Å². The monoisotopic (exact) mass is 349 g/mol. The summed E-state index contributed by atoms with van der Waals surface area (Å²) in [4.78, 5) is 14.6. The van der Waals surface area contributed by atoms with E-state index in [4.69, 9.17) is 0 Å². The Balaban J connectivity index is 0.00000180. The molecule has 1 saturated heterocycles. The molecule has 6 heteroatoms. The van der Waals surface area contributed by atoms with Crippen LogP contribution >= 0.6 is 28.3 Å². The fraction of sp³-hybridized carbons (Fsp3) is 0.615. The van der Waals surface area contributed by atoms with Crippen molar-refractivity contribution in [3.05, 3.63) is 22.4 Å². The molecule has 1 N–H and O–H groups in total. The number of piperazine rings is 1. The number of hydrogen-bond donors (Lipinski definition) is 1. The molecule has 2 rings (SSSR count). The number of nitrogens with zero attached hydrogens (tertiary/aromatic N) is 2. The van der Waals surface area contributed by atoms with Gasteiger partial charge in [-0.1, -0.05) is 0 Å². The van der Waals surface area contributed by atoms with Crippen LogP contribution in [0.1, 0.15) is 31.3 Å². The van der Waals surface area contributed by atoms with E-state index < -0.39 is 0 Å². The lowest BCUT2D eigenvalue weighted by Crippen LogP contribution is -2.57. The van der Waals surface area contributed by atoms with Crippen LogP contribution in [0.3, 0.4) is 0 Å². The molecule has 2 heterocycles. The van der Waals surface area contributed by atoms with Crippen molar-refractivity contribution < 1.29 is 4.79 Å². The number of aromatic nitrogens is 1. The van der Waals surface area contributed by atoms with Crippen LogP contribution in [-0.2, 0) is 6.54 Å². The van der Waals surface area contributed by atoms with Crippen LogP contribution < -0.4 is 5.32 Å². The average Bonchev–Trinajstić information content (AvgIpc) is 2.73. The lowest BCUT2D eigenvalue weighted by Gasteiger charge is -2.38. The smallest absolute Gasteiger partial charge is 0.270 e. The maximum Gasteiger partial charge on any atom is 0.270 e. The van der Waals surface area contributed by atoms with Crippen molar-refractivity contribution >= 4 is 34.2 Å². The van der Waals surface area contributed by atoms with Gasteiger partial charge in [0.15, 0.2) is 0 Å². The minimum absolute atomic E-state index is 0. The highest BCUT2D eigenvalue weighted by Crippen LogP contribution is 2.19. The van der Waals surface area contributed by atoms with E-state index in [1.165, 1.54) is 0 Å². The van der Waals surface area contributed by atoms with Crippen LogP contribution in [0, 0.1) is 0 Å². The molecule has 0 bridgehead atoms. The molecule has 0 saturated carbocycles. The van der Waals surface area contributed by atoms with E-state index in [1.807, 2.05) is 28.7 Å². The Kier molecular flexibility index (Phi) is 5.89. The Bertz CT molecular complexity index is 449. The van der Waals surface area contributed by atoms with Gasteiger partial charge in [0.2, 0.25) is 0 Å². The van der Waals surface area contributed by atoms with Crippen LogP contribution in [0.25, 0.3) is 0 Å². The molecule has 0 radical (unpaired) electrons. The van der Waals surface area contributed by atoms with Crippen LogP contribution in [-0.4, -0.2) is 40.5 Å². The second-order valence-corrected chi connectivity index (χ2v) is 5.73. The molecule has 108 valence electrons. The molecule has 2 unspecified atom stereocenters. The third-order valence-corrected chi connectivity index (χ3v) is 4.15. The van der Waals surface area contributed by atoms with Crippen LogP contribution in [0.15, 0.2) is 16.7 Å². The van der Waals surface area contributed by atoms with E-state index in [-0.39, 0.29) is 24.4 Å². The van der Waals surface area contributed by atoms with Crippen molar-refractivity contribution in [2.45, 2.75) is 39.4 Å². The predicted molar refractivity (Wildman–Crippen MR) is 83.0 cm³/mol. The molecular weight excluding hydrogens is 330 g/mol. The largest absolute Gasteiger partial charge is 0.343 e. The molecule has 0 spiro atoms. The number of aryl methyl sites for hydroxylation is 1. The molecule has 1 aliphatic heterocycles. The Labute approximate surface area is 129 Å². The van der Waals surface area contributed by atoms with Crippen LogP contribution in [0.2, 0.25) is 0 Å². The zero-order valence-corrected chi connectivity index (χ0v) is 13.9. The molecule has 19 heavy (non-hydrogen) atoms. The van der Waals surface area contributed by atoms with Gasteiger partial charge < -0.3 is 14.8 Å². The van der Waals surface area contributed by atoms with Crippen molar-refractivity contribution in [2.24, 2.45) is 0 Å². The van der Waals surface area contributed by atoms with Crippen LogP contribution in [0.5, 0.6) is 0 Å². The minimum Gasteiger partial charge on any atom is -0.343 e. The Morgan fingerprint density at radius 3 is 2.84 bits per heavy atom. The first-order chi connectivity index (χ1) is 8.54. The SMILES string of the molecule is CCn1cc(Br)cc1C(=O)N1CCNC(C)C1C.Cl. The Hall–Kier alpha value is -0.520. The molecule has 0 aromatic carbocycles. The van der Waals surface area contributed by atoms with Crippen molar-refractivity contribution in [1.82, 2.24) is 14.8 Å². The van der Waals surface area contributed by atoms with Crippen molar-refractivity contribution in [2.75, 3.05) is 13.1 Å². The van der Waals surface area contributed by atoms with Gasteiger partial charge in [-0.25, -0.2) is 0 Å². The van der Waals surface area contributed by atoms with Gasteiger partial charge in [0.25, 0.3) is 5.91 Å². The van der Waals surface area contributed by atoms with Gasteiger partial charge >= 0.3 is 0 Å². The van der Waals surface area contributed by atoms with Crippen molar-refractivity contribution in [3.8, 4) is 0 Å². The maximum atomic E-state index is 12.6. The first kappa shape index (κ1) is 16.5. The summed E-state index contributed by atoms with van der Waals surface area (Å²) in [7, 11) is 0. The number of halogens is 2. The molecule has 0 aliphatic carbocycles. The molecular formula is C13H21BrClN3O. The lowest BCUT2D eigenvalue weighted by atomic mass is 10.1. The van der Waals surface area contributed by atoms with E-state index in [2.05, 4.69) is 35.1 Å². The van der Waals surface area contributed by atoms with Gasteiger partial charge in [0, 0.05) is 42.4 Å². The van der Waals surface area contributed by atoms with E-state index in [9.17, 15) is 4.79 Å². The quantitative estimate of drug-likeness (QED) is 0.890. The third-order valence-electron chi connectivity index (χ3n) is 3.72. The Morgan fingerprint density at radius 2 is 2.21 bits per heavy atom. The molecule has 4 nitrogen and oxygen atoms in total. The summed E-state index contributed by atoms with van der Waals surface area (Å²) in [5, 5.41) is 3.39. The van der Waals surface area contributed by atoms with Gasteiger partial charge in [-0.2, -0.15) is 0 Å². The fourth-order valence-corrected chi connectivity index (χ4v) is 2.87. The minimum atomic E-state index is 0. The van der Waals surface area contributed by atoms with Gasteiger partial charge in [-0.05, 0) is 42.8 Å². The molecule has 1 amide bonds. The fourth-order valence-electron chi connectivity index (χ4n) is 2.41. The zero-order chi connectivity index (χ0) is 13.3. The predicted octanol–water partition coefficient (Wildman–Crippen LogP) is 2.51. The highest BCUT2D eigenvalue weighted by molar-refractivity contribution is 9.10. The zero-order valence-electron chi connectivity index (χ0n) is 11.5. The third kappa shape index (κ3) is 3.33. The second kappa shape index (κ2) is 6.77. The van der Waals surface area contributed by atoms with Crippen molar-refractivity contribution in [1.29, 1.82) is 0 Å². The number of carbonyl (C=O) groups excluding carboxylic acids is 1. The normalized spacial score (nSPS) is 23.1. The number of carbonyl (C=O) groups is 1. The summed E-state index contributed by atoms with van der Waals surface area (Å²) >= 11 is 3.44. The summed E-state index contributed by atoms with van der Waals surface area (Å²) in [6.07, 6.45) is 1.96. The van der Waals surface area contributed by atoms with Gasteiger partial charge in [0.05, 0.1) is 0 Å². The number of rotatable bonds is 2. The molecule has 1 aromatic rings. The highest BCUT2D eigenvalue weighted by Gasteiger charge is 2.30. The Morgan fingerprint density at radius 1 is 1.53 bits per heavy atom. The van der Waals surface area contributed by atoms with Crippen molar-refractivity contribution in [3.63, 3.8) is 0 Å². The van der Waals surface area contributed by atoms with Gasteiger partial charge in [-0.15, -0.1) is 12.4 Å². The first-order valence-electron chi connectivity index (χ1n) is 6.44. The van der Waals surface area contributed by atoms with E-state index in [1.54, 1.807) is 0 Å². The molecule has 1 fully saturated rings. The first-order valence-corrected chi connectivity index (χ1v) is 7.24. The number of amides is 1. The van der Waals surface area contributed by atoms with E-state index in [0.717, 1.165) is 29.8 Å². The number of hydrogen-bond acceptors (Lipinski definition) is 2. The van der Waals surface area contributed by atoms with Gasteiger partial charge in [-0.3, -0.25) is 4.79 Å². The molecule has 1 aromatic heterocycles. The standard InChI is InChI=1S/C13H20BrN3O.ClH/c1-4-16-8-11(14)7-12(16)13(18)17-6-5-15-9(2)10(17)3;/h7-10,15H,4-6H2,1-3H3;1H. The van der Waals surface area contributed by atoms with Crippen LogP contribution in [0.4, 0.5) is 0 Å². The van der Waals surface area contributed by atoms with Gasteiger partial charge in [0.1, 0.15) is 5.69 Å². The summed E-state index contributed by atoms with van der Waals surface area (Å²) < 4.78 is 2.95. The molecule has 2 atom stereocenters. The molecule has 1 aliphatic rings.